The minimum atomic E-state index is -0.559. The Morgan fingerprint density at radius 3 is 2.22 bits per heavy atom. The van der Waals surface area contributed by atoms with E-state index in [1.165, 1.54) is 23.7 Å². The van der Waals surface area contributed by atoms with Gasteiger partial charge in [0.25, 0.3) is 5.69 Å². The predicted octanol–water partition coefficient (Wildman–Crippen LogP) is 4.12. The number of rotatable bonds is 6. The predicted molar refractivity (Wildman–Crippen MR) is 105 cm³/mol. The van der Waals surface area contributed by atoms with E-state index in [2.05, 4.69) is 42.3 Å². The smallest absolute Gasteiger partial charge is 0.312 e. The lowest BCUT2D eigenvalue weighted by Crippen LogP contribution is -2.25. The van der Waals surface area contributed by atoms with E-state index in [1.807, 2.05) is 0 Å². The number of anilines is 1. The summed E-state index contributed by atoms with van der Waals surface area (Å²) in [6.07, 6.45) is 0. The van der Waals surface area contributed by atoms with E-state index in [4.69, 9.17) is 0 Å². The highest BCUT2D eigenvalue weighted by Gasteiger charge is 2.25. The van der Waals surface area contributed by atoms with Crippen LogP contribution in [0.15, 0.2) is 21.1 Å². The average Bonchev–Trinajstić information content (AvgIpc) is 2.84. The average molecular weight is 505 g/mol. The van der Waals surface area contributed by atoms with Crippen molar-refractivity contribution in [1.82, 2.24) is 9.78 Å². The molecule has 0 aliphatic rings. The van der Waals surface area contributed by atoms with E-state index in [9.17, 15) is 25.0 Å². The van der Waals surface area contributed by atoms with Gasteiger partial charge in [-0.25, -0.2) is 0 Å². The van der Waals surface area contributed by atoms with Crippen LogP contribution >= 0.6 is 31.9 Å². The van der Waals surface area contributed by atoms with Crippen molar-refractivity contribution >= 4 is 54.8 Å². The number of hydrogen-bond acceptors (Lipinski definition) is 6. The Hall–Kier alpha value is -2.34. The SMILES string of the molecule is Cc1nn(CC(C)C(=O)Nc2c(Br)cc([N+](=O)[O-])cc2Br)c(C)c1[N+](=O)[O-]. The summed E-state index contributed by atoms with van der Waals surface area (Å²) in [5, 5.41) is 28.8. The molecule has 0 bridgehead atoms. The summed E-state index contributed by atoms with van der Waals surface area (Å²) >= 11 is 6.42. The number of aromatic nitrogens is 2. The van der Waals surface area contributed by atoms with Gasteiger partial charge in [-0.3, -0.25) is 29.7 Å². The number of nitro benzene ring substituents is 1. The second kappa shape index (κ2) is 8.13. The van der Waals surface area contributed by atoms with Gasteiger partial charge >= 0.3 is 5.69 Å². The van der Waals surface area contributed by atoms with Gasteiger partial charge in [-0.15, -0.1) is 0 Å². The van der Waals surface area contributed by atoms with Crippen LogP contribution in [-0.2, 0) is 11.3 Å². The van der Waals surface area contributed by atoms with Gasteiger partial charge in [0, 0.05) is 21.1 Å². The van der Waals surface area contributed by atoms with Gasteiger partial charge in [0.05, 0.1) is 28.0 Å². The number of carbonyl (C=O) groups is 1. The Bertz CT molecular complexity index is 920. The van der Waals surface area contributed by atoms with Gasteiger partial charge < -0.3 is 5.32 Å². The van der Waals surface area contributed by atoms with E-state index < -0.39 is 15.8 Å². The number of aryl methyl sites for hydroxylation is 1. The van der Waals surface area contributed by atoms with Crippen LogP contribution in [-0.4, -0.2) is 25.5 Å². The first-order valence-corrected chi connectivity index (χ1v) is 9.24. The molecule has 10 nitrogen and oxygen atoms in total. The second-order valence-electron chi connectivity index (χ2n) is 5.89. The van der Waals surface area contributed by atoms with Crippen LogP contribution in [0.2, 0.25) is 0 Å². The van der Waals surface area contributed by atoms with E-state index in [-0.39, 0.29) is 29.5 Å². The molecule has 0 aliphatic carbocycles. The Balaban J connectivity index is 2.19. The summed E-state index contributed by atoms with van der Waals surface area (Å²) in [6, 6.07) is 2.57. The molecule has 2 rings (SSSR count). The number of halogens is 2. The summed E-state index contributed by atoms with van der Waals surface area (Å²) in [5.74, 6) is -0.919. The highest BCUT2D eigenvalue weighted by molar-refractivity contribution is 9.11. The molecule has 12 heteroatoms. The molecule has 1 N–H and O–H groups in total. The van der Waals surface area contributed by atoms with Crippen LogP contribution in [0.3, 0.4) is 0 Å². The first-order valence-electron chi connectivity index (χ1n) is 7.65. The van der Waals surface area contributed by atoms with Gasteiger partial charge in [-0.1, -0.05) is 6.92 Å². The largest absolute Gasteiger partial charge is 0.324 e. The maximum atomic E-state index is 12.5. The fourth-order valence-corrected chi connectivity index (χ4v) is 3.86. The lowest BCUT2D eigenvalue weighted by Gasteiger charge is -2.15. The molecule has 27 heavy (non-hydrogen) atoms. The van der Waals surface area contributed by atoms with Crippen LogP contribution in [0.5, 0.6) is 0 Å². The van der Waals surface area contributed by atoms with Crippen LogP contribution < -0.4 is 5.32 Å². The molecule has 0 saturated carbocycles. The van der Waals surface area contributed by atoms with E-state index in [0.717, 1.165) is 0 Å². The zero-order valence-corrected chi connectivity index (χ0v) is 17.7. The molecule has 1 aromatic heterocycles. The van der Waals surface area contributed by atoms with Crippen molar-refractivity contribution in [3.05, 3.63) is 52.7 Å². The van der Waals surface area contributed by atoms with Crippen LogP contribution in [0, 0.1) is 40.0 Å². The topological polar surface area (TPSA) is 133 Å². The third-order valence-electron chi connectivity index (χ3n) is 3.91. The zero-order valence-electron chi connectivity index (χ0n) is 14.5. The number of carbonyl (C=O) groups excluding carboxylic acids is 1. The van der Waals surface area contributed by atoms with Gasteiger partial charge in [-0.2, -0.15) is 5.10 Å². The second-order valence-corrected chi connectivity index (χ2v) is 7.60. The molecule has 1 heterocycles. The standard InChI is InChI=1S/C15H15Br2N5O5/c1-7(6-20-9(3)14(22(26)27)8(2)19-20)15(23)18-13-11(16)4-10(21(24)25)5-12(13)17/h4-5,7H,6H2,1-3H3,(H,18,23). The molecular weight excluding hydrogens is 490 g/mol. The lowest BCUT2D eigenvalue weighted by molar-refractivity contribution is -0.386. The summed E-state index contributed by atoms with van der Waals surface area (Å²) in [4.78, 5) is 33.4. The van der Waals surface area contributed by atoms with E-state index >= 15 is 0 Å². The highest BCUT2D eigenvalue weighted by Crippen LogP contribution is 2.35. The Morgan fingerprint density at radius 2 is 1.78 bits per heavy atom. The van der Waals surface area contributed by atoms with Gasteiger partial charge in [0.1, 0.15) is 11.4 Å². The normalized spacial score (nSPS) is 11.9. The molecule has 1 unspecified atom stereocenters. The maximum absolute atomic E-state index is 12.5. The van der Waals surface area contributed by atoms with Gasteiger partial charge in [0.15, 0.2) is 0 Å². The summed E-state index contributed by atoms with van der Waals surface area (Å²) in [6.45, 7) is 4.92. The summed E-state index contributed by atoms with van der Waals surface area (Å²) in [7, 11) is 0. The van der Waals surface area contributed by atoms with Crippen molar-refractivity contribution in [1.29, 1.82) is 0 Å². The zero-order chi connectivity index (χ0) is 20.5. The minimum absolute atomic E-state index is 0.0662. The quantitative estimate of drug-likeness (QED) is 0.464. The van der Waals surface area contributed by atoms with Crippen molar-refractivity contribution in [2.24, 2.45) is 5.92 Å². The Morgan fingerprint density at radius 1 is 1.22 bits per heavy atom. The van der Waals surface area contributed by atoms with Crippen LogP contribution in [0.4, 0.5) is 17.1 Å². The number of hydrogen-bond donors (Lipinski definition) is 1. The Labute approximate surface area is 170 Å². The van der Waals surface area contributed by atoms with Crippen LogP contribution in [0.1, 0.15) is 18.3 Å². The molecule has 0 fully saturated rings. The van der Waals surface area contributed by atoms with Crippen molar-refractivity contribution in [3.63, 3.8) is 0 Å². The third-order valence-corrected chi connectivity index (χ3v) is 5.16. The molecule has 0 saturated heterocycles. The molecule has 1 atom stereocenters. The Kier molecular flexibility index (Phi) is 6.31. The van der Waals surface area contributed by atoms with E-state index in [1.54, 1.807) is 13.8 Å². The summed E-state index contributed by atoms with van der Waals surface area (Å²) < 4.78 is 2.13. The molecule has 144 valence electrons. The van der Waals surface area contributed by atoms with Crippen molar-refractivity contribution < 1.29 is 14.6 Å². The van der Waals surface area contributed by atoms with Crippen molar-refractivity contribution in [2.45, 2.75) is 27.3 Å². The van der Waals surface area contributed by atoms with Crippen molar-refractivity contribution in [2.75, 3.05) is 5.32 Å². The number of non-ortho nitro benzene ring substituents is 1. The molecule has 0 radical (unpaired) electrons. The highest BCUT2D eigenvalue weighted by atomic mass is 79.9. The van der Waals surface area contributed by atoms with Gasteiger partial charge in [-0.05, 0) is 45.7 Å². The first-order chi connectivity index (χ1) is 12.5. The van der Waals surface area contributed by atoms with Gasteiger partial charge in [0.2, 0.25) is 5.91 Å². The molecule has 1 amide bonds. The minimum Gasteiger partial charge on any atom is -0.324 e. The van der Waals surface area contributed by atoms with Crippen molar-refractivity contribution in [3.8, 4) is 0 Å². The molecule has 0 aliphatic heterocycles. The van der Waals surface area contributed by atoms with Crippen LogP contribution in [0.25, 0.3) is 0 Å². The maximum Gasteiger partial charge on any atom is 0.312 e. The first kappa shape index (κ1) is 21.0. The summed E-state index contributed by atoms with van der Waals surface area (Å²) in [5.41, 5.74) is 0.816. The fraction of sp³-hybridized carbons (Fsp3) is 0.333. The number of nitrogens with zero attached hydrogens (tertiary/aromatic N) is 4. The number of amides is 1. The molecule has 0 spiro atoms. The number of benzene rings is 1. The lowest BCUT2D eigenvalue weighted by atomic mass is 10.1. The number of nitro groups is 2. The molecule has 2 aromatic rings. The molecular formula is C15H15Br2N5O5. The number of nitrogens with one attached hydrogen (secondary N) is 1. The fourth-order valence-electron chi connectivity index (χ4n) is 2.50. The third kappa shape index (κ3) is 4.50. The molecule has 1 aromatic carbocycles. The van der Waals surface area contributed by atoms with E-state index in [0.29, 0.717) is 20.3 Å². The monoisotopic (exact) mass is 503 g/mol.